The standard InChI is InChI=1S/C16H17N5O3S2/c1-16(2,3)9-4-6-10(7-5-9)25-8-11-19-20-14(22)12(21(23)24)13(17)18-15(20)26-11/h4-7H,8,17H2,1-3H3. The fourth-order valence-corrected chi connectivity index (χ4v) is 4.09. The summed E-state index contributed by atoms with van der Waals surface area (Å²) in [6.07, 6.45) is 0. The summed E-state index contributed by atoms with van der Waals surface area (Å²) < 4.78 is 0.942. The third-order valence-corrected chi connectivity index (χ3v) is 5.84. The number of aromatic nitrogens is 3. The first-order valence-corrected chi connectivity index (χ1v) is 9.53. The Morgan fingerprint density at radius 1 is 1.31 bits per heavy atom. The number of hydrogen-bond acceptors (Lipinski definition) is 8. The molecule has 3 aromatic rings. The Labute approximate surface area is 157 Å². The second kappa shape index (κ2) is 6.69. The minimum Gasteiger partial charge on any atom is -0.378 e. The van der Waals surface area contributed by atoms with Gasteiger partial charge in [0, 0.05) is 4.90 Å². The fraction of sp³-hybridized carbons (Fsp3) is 0.312. The highest BCUT2D eigenvalue weighted by Gasteiger charge is 2.23. The van der Waals surface area contributed by atoms with Crippen LogP contribution < -0.4 is 11.3 Å². The van der Waals surface area contributed by atoms with Crippen LogP contribution in [0.3, 0.4) is 0 Å². The molecular weight excluding hydrogens is 374 g/mol. The van der Waals surface area contributed by atoms with Gasteiger partial charge < -0.3 is 5.73 Å². The third-order valence-electron chi connectivity index (χ3n) is 3.72. The minimum atomic E-state index is -0.862. The van der Waals surface area contributed by atoms with Crippen LogP contribution in [-0.2, 0) is 11.2 Å². The molecule has 0 unspecified atom stereocenters. The van der Waals surface area contributed by atoms with E-state index in [1.54, 1.807) is 11.8 Å². The lowest BCUT2D eigenvalue weighted by Crippen LogP contribution is -2.20. The normalized spacial score (nSPS) is 11.8. The predicted molar refractivity (Wildman–Crippen MR) is 103 cm³/mol. The van der Waals surface area contributed by atoms with Gasteiger partial charge in [-0.15, -0.1) is 11.8 Å². The van der Waals surface area contributed by atoms with Crippen LogP contribution in [0.4, 0.5) is 11.5 Å². The number of thioether (sulfide) groups is 1. The molecule has 2 aromatic heterocycles. The molecule has 136 valence electrons. The zero-order valence-electron chi connectivity index (χ0n) is 14.4. The Bertz CT molecular complexity index is 1030. The van der Waals surface area contributed by atoms with E-state index >= 15 is 0 Å². The highest BCUT2D eigenvalue weighted by molar-refractivity contribution is 7.98. The Morgan fingerprint density at radius 3 is 2.54 bits per heavy atom. The van der Waals surface area contributed by atoms with Gasteiger partial charge in [-0.3, -0.25) is 14.9 Å². The first-order chi connectivity index (χ1) is 12.2. The lowest BCUT2D eigenvalue weighted by molar-refractivity contribution is -0.385. The van der Waals surface area contributed by atoms with E-state index in [0.717, 1.165) is 9.41 Å². The molecule has 0 bridgehead atoms. The largest absolute Gasteiger partial charge is 0.378 e. The van der Waals surface area contributed by atoms with Crippen molar-refractivity contribution in [2.75, 3.05) is 5.73 Å². The molecule has 0 saturated carbocycles. The van der Waals surface area contributed by atoms with Crippen molar-refractivity contribution in [3.8, 4) is 0 Å². The molecule has 0 amide bonds. The van der Waals surface area contributed by atoms with E-state index in [0.29, 0.717) is 10.8 Å². The topological polar surface area (TPSA) is 116 Å². The molecular formula is C16H17N5O3S2. The third kappa shape index (κ3) is 3.56. The molecule has 0 aliphatic heterocycles. The molecule has 10 heteroatoms. The highest BCUT2D eigenvalue weighted by Crippen LogP contribution is 2.28. The van der Waals surface area contributed by atoms with Gasteiger partial charge in [0.05, 0.1) is 10.7 Å². The van der Waals surface area contributed by atoms with Crippen LogP contribution in [0.5, 0.6) is 0 Å². The molecule has 2 heterocycles. The van der Waals surface area contributed by atoms with Crippen LogP contribution in [0.25, 0.3) is 4.96 Å². The van der Waals surface area contributed by atoms with Gasteiger partial charge in [0.1, 0.15) is 5.01 Å². The first-order valence-electron chi connectivity index (χ1n) is 7.73. The minimum absolute atomic E-state index is 0.0950. The number of benzene rings is 1. The van der Waals surface area contributed by atoms with E-state index in [2.05, 4.69) is 43.0 Å². The number of nitrogens with two attached hydrogens (primary N) is 1. The molecule has 0 spiro atoms. The zero-order valence-corrected chi connectivity index (χ0v) is 16.1. The average Bonchev–Trinajstić information content (AvgIpc) is 2.95. The van der Waals surface area contributed by atoms with E-state index in [4.69, 9.17) is 5.73 Å². The van der Waals surface area contributed by atoms with Gasteiger partial charge >= 0.3 is 11.2 Å². The van der Waals surface area contributed by atoms with Gasteiger partial charge in [-0.25, -0.2) is 0 Å². The average molecular weight is 391 g/mol. The fourth-order valence-electron chi connectivity index (χ4n) is 2.32. The zero-order chi connectivity index (χ0) is 19.1. The summed E-state index contributed by atoms with van der Waals surface area (Å²) in [4.78, 5) is 27.5. The van der Waals surface area contributed by atoms with Crippen molar-refractivity contribution in [1.29, 1.82) is 0 Å². The van der Waals surface area contributed by atoms with Crippen LogP contribution in [0.15, 0.2) is 34.0 Å². The van der Waals surface area contributed by atoms with Crippen LogP contribution in [0, 0.1) is 10.1 Å². The van der Waals surface area contributed by atoms with Crippen molar-refractivity contribution in [2.24, 2.45) is 0 Å². The molecule has 3 rings (SSSR count). The van der Waals surface area contributed by atoms with Gasteiger partial charge in [-0.05, 0) is 23.1 Å². The summed E-state index contributed by atoms with van der Waals surface area (Å²) in [6, 6.07) is 8.28. The van der Waals surface area contributed by atoms with Crippen LogP contribution in [0.2, 0.25) is 0 Å². The number of hydrogen-bond donors (Lipinski definition) is 1. The second-order valence-electron chi connectivity index (χ2n) is 6.66. The SMILES string of the molecule is CC(C)(C)c1ccc(SCc2nn3c(=O)c([N+](=O)[O-])c(N)nc3s2)cc1. The van der Waals surface area contributed by atoms with E-state index in [-0.39, 0.29) is 16.2 Å². The summed E-state index contributed by atoms with van der Waals surface area (Å²) in [6.45, 7) is 6.48. The van der Waals surface area contributed by atoms with Crippen molar-refractivity contribution in [2.45, 2.75) is 36.8 Å². The quantitative estimate of drug-likeness (QED) is 0.412. The maximum atomic E-state index is 12.1. The smallest absolute Gasteiger partial charge is 0.377 e. The summed E-state index contributed by atoms with van der Waals surface area (Å²) in [5, 5.41) is 15.7. The number of rotatable bonds is 4. The van der Waals surface area contributed by atoms with E-state index in [1.807, 2.05) is 12.1 Å². The van der Waals surface area contributed by atoms with Crippen molar-refractivity contribution in [3.63, 3.8) is 0 Å². The summed E-state index contributed by atoms with van der Waals surface area (Å²) in [5.74, 6) is 0.136. The molecule has 26 heavy (non-hydrogen) atoms. The summed E-state index contributed by atoms with van der Waals surface area (Å²) in [7, 11) is 0. The Morgan fingerprint density at radius 2 is 1.96 bits per heavy atom. The monoisotopic (exact) mass is 391 g/mol. The maximum absolute atomic E-state index is 12.1. The van der Waals surface area contributed by atoms with Crippen molar-refractivity contribution < 1.29 is 4.92 Å². The molecule has 0 fully saturated rings. The summed E-state index contributed by atoms with van der Waals surface area (Å²) in [5.41, 5.74) is 5.26. The van der Waals surface area contributed by atoms with Crippen molar-refractivity contribution in [1.82, 2.24) is 14.6 Å². The van der Waals surface area contributed by atoms with Crippen LogP contribution >= 0.6 is 23.1 Å². The number of fused-ring (bicyclic) bond motifs is 1. The molecule has 0 atom stereocenters. The first kappa shape index (κ1) is 18.3. The van der Waals surface area contributed by atoms with Gasteiger partial charge in [-0.2, -0.15) is 14.6 Å². The van der Waals surface area contributed by atoms with Gasteiger partial charge in [0.15, 0.2) is 0 Å². The van der Waals surface area contributed by atoms with Gasteiger partial charge in [0.25, 0.3) is 0 Å². The van der Waals surface area contributed by atoms with Crippen molar-refractivity contribution >= 4 is 39.6 Å². The molecule has 8 nitrogen and oxygen atoms in total. The maximum Gasteiger partial charge on any atom is 0.377 e. The Balaban J connectivity index is 1.83. The molecule has 1 aromatic carbocycles. The number of nitrogens with zero attached hydrogens (tertiary/aromatic N) is 4. The number of nitro groups is 1. The van der Waals surface area contributed by atoms with Crippen LogP contribution in [-0.4, -0.2) is 19.5 Å². The number of anilines is 1. The van der Waals surface area contributed by atoms with E-state index in [9.17, 15) is 14.9 Å². The molecule has 0 aliphatic carbocycles. The summed E-state index contributed by atoms with van der Waals surface area (Å²) >= 11 is 2.76. The van der Waals surface area contributed by atoms with Crippen molar-refractivity contribution in [3.05, 3.63) is 55.3 Å². The van der Waals surface area contributed by atoms with E-state index < -0.39 is 16.2 Å². The molecule has 0 aliphatic rings. The highest BCUT2D eigenvalue weighted by atomic mass is 32.2. The van der Waals surface area contributed by atoms with Gasteiger partial charge in [-0.1, -0.05) is 44.2 Å². The second-order valence-corrected chi connectivity index (χ2v) is 8.75. The van der Waals surface area contributed by atoms with Crippen LogP contribution in [0.1, 0.15) is 31.3 Å². The van der Waals surface area contributed by atoms with Gasteiger partial charge in [0.2, 0.25) is 10.8 Å². The predicted octanol–water partition coefficient (Wildman–Crippen LogP) is 3.23. The Hall–Kier alpha value is -2.46. The van der Waals surface area contributed by atoms with E-state index in [1.165, 1.54) is 16.9 Å². The lowest BCUT2D eigenvalue weighted by atomic mass is 9.87. The Kier molecular flexibility index (Phi) is 4.72. The molecule has 2 N–H and O–H groups in total. The molecule has 0 radical (unpaired) electrons. The molecule has 0 saturated heterocycles. The lowest BCUT2D eigenvalue weighted by Gasteiger charge is -2.18. The number of nitrogen functional groups attached to an aromatic ring is 1.